The van der Waals surface area contributed by atoms with Crippen molar-refractivity contribution < 1.29 is 14.3 Å². The van der Waals surface area contributed by atoms with Crippen molar-refractivity contribution >= 4 is 40.3 Å². The number of ether oxygens (including phenoxy) is 1. The third kappa shape index (κ3) is 2.82. The second-order valence-electron chi connectivity index (χ2n) is 8.40. The summed E-state index contributed by atoms with van der Waals surface area (Å²) in [6.07, 6.45) is 0. The zero-order valence-corrected chi connectivity index (χ0v) is 18.7. The zero-order valence-electron chi connectivity index (χ0n) is 18.7. The first kappa shape index (κ1) is 20.1. The number of anilines is 5. The van der Waals surface area contributed by atoms with E-state index in [1.54, 1.807) is 6.07 Å². The summed E-state index contributed by atoms with van der Waals surface area (Å²) in [5.74, 6) is 0.749. The van der Waals surface area contributed by atoms with Crippen molar-refractivity contribution in [1.29, 1.82) is 0 Å². The van der Waals surface area contributed by atoms with Gasteiger partial charge in [-0.1, -0.05) is 42.5 Å². The Morgan fingerprint density at radius 3 is 1.71 bits per heavy atom. The molecule has 0 atom stereocenters. The van der Waals surface area contributed by atoms with Gasteiger partial charge in [-0.25, -0.2) is 4.90 Å². The Bertz CT molecular complexity index is 1430. The number of carbonyl (C=O) groups is 2. The molecular weight excluding hydrogens is 426 g/mol. The molecule has 2 aliphatic heterocycles. The molecule has 2 amide bonds. The number of hydrogen-bond acceptors (Lipinski definition) is 5. The molecule has 34 heavy (non-hydrogen) atoms. The molecule has 0 spiro atoms. The highest BCUT2D eigenvalue weighted by Crippen LogP contribution is 2.52. The van der Waals surface area contributed by atoms with Gasteiger partial charge in [0.2, 0.25) is 0 Å². The number of imide groups is 1. The molecule has 0 bridgehead atoms. The molecule has 0 fully saturated rings. The molecule has 0 N–H and O–H groups in total. The van der Waals surface area contributed by atoms with Crippen LogP contribution in [-0.2, 0) is 0 Å². The minimum absolute atomic E-state index is 0.327. The fourth-order valence-corrected chi connectivity index (χ4v) is 4.67. The number of hydrogen-bond donors (Lipinski definition) is 0. The van der Waals surface area contributed by atoms with Gasteiger partial charge in [-0.05, 0) is 48.5 Å². The number of rotatable bonds is 3. The van der Waals surface area contributed by atoms with Gasteiger partial charge in [-0.2, -0.15) is 0 Å². The van der Waals surface area contributed by atoms with Crippen molar-refractivity contribution in [3.63, 3.8) is 0 Å². The molecule has 4 aromatic carbocycles. The molecule has 6 rings (SSSR count). The maximum atomic E-state index is 13.7. The normalized spacial score (nSPS) is 13.8. The summed E-state index contributed by atoms with van der Waals surface area (Å²) in [5.41, 5.74) is 4.46. The molecule has 0 aromatic heterocycles. The molecule has 6 heteroatoms. The van der Waals surface area contributed by atoms with Crippen molar-refractivity contribution in [1.82, 2.24) is 0 Å². The third-order valence-corrected chi connectivity index (χ3v) is 6.17. The van der Waals surface area contributed by atoms with Gasteiger partial charge in [0, 0.05) is 19.8 Å². The Labute approximate surface area is 197 Å². The van der Waals surface area contributed by atoms with Crippen LogP contribution in [0.3, 0.4) is 0 Å². The summed E-state index contributed by atoms with van der Waals surface area (Å²) < 4.78 is 6.13. The van der Waals surface area contributed by atoms with Gasteiger partial charge in [0.05, 0.1) is 33.9 Å². The third-order valence-electron chi connectivity index (χ3n) is 6.17. The average Bonchev–Trinajstić information content (AvgIpc) is 3.12. The van der Waals surface area contributed by atoms with Crippen molar-refractivity contribution in [3.8, 4) is 11.5 Å². The molecule has 0 radical (unpaired) electrons. The van der Waals surface area contributed by atoms with Gasteiger partial charge in [0.1, 0.15) is 0 Å². The second-order valence-corrected chi connectivity index (χ2v) is 8.40. The molecule has 0 unspecified atom stereocenters. The van der Waals surface area contributed by atoms with Crippen LogP contribution < -0.4 is 19.4 Å². The fourth-order valence-electron chi connectivity index (χ4n) is 4.67. The van der Waals surface area contributed by atoms with E-state index in [0.717, 1.165) is 17.1 Å². The van der Waals surface area contributed by atoms with Crippen molar-refractivity contribution in [2.24, 2.45) is 0 Å². The number of nitrogens with zero attached hydrogens (tertiary/aromatic N) is 3. The van der Waals surface area contributed by atoms with Crippen molar-refractivity contribution in [2.75, 3.05) is 28.8 Å². The zero-order chi connectivity index (χ0) is 23.4. The van der Waals surface area contributed by atoms with Crippen LogP contribution in [0.2, 0.25) is 0 Å². The quantitative estimate of drug-likeness (QED) is 0.312. The highest BCUT2D eigenvalue weighted by atomic mass is 16.5. The van der Waals surface area contributed by atoms with Crippen LogP contribution in [0.5, 0.6) is 11.5 Å². The highest BCUT2D eigenvalue weighted by Gasteiger charge is 2.41. The summed E-state index contributed by atoms with van der Waals surface area (Å²) >= 11 is 0. The molecule has 0 aliphatic carbocycles. The molecule has 0 saturated carbocycles. The first-order chi connectivity index (χ1) is 16.6. The highest BCUT2D eigenvalue weighted by molar-refractivity contribution is 6.37. The fraction of sp³-hybridized carbons (Fsp3) is 0.0714. The van der Waals surface area contributed by atoms with E-state index in [9.17, 15) is 9.59 Å². The Morgan fingerprint density at radius 2 is 1.12 bits per heavy atom. The van der Waals surface area contributed by atoms with Gasteiger partial charge in [-0.3, -0.25) is 9.59 Å². The molecular formula is C28H21N3O3. The summed E-state index contributed by atoms with van der Waals surface area (Å²) in [6, 6.07) is 28.3. The monoisotopic (exact) mass is 447 g/mol. The first-order valence-electron chi connectivity index (χ1n) is 11.0. The van der Waals surface area contributed by atoms with Gasteiger partial charge < -0.3 is 14.5 Å². The molecule has 2 aliphatic rings. The summed E-state index contributed by atoms with van der Waals surface area (Å²) in [7, 11) is 3.73. The Balaban J connectivity index is 1.55. The average molecular weight is 447 g/mol. The number of benzene rings is 4. The van der Waals surface area contributed by atoms with E-state index in [-0.39, 0.29) is 11.8 Å². The number of para-hydroxylation sites is 6. The smallest absolute Gasteiger partial charge is 0.268 e. The summed E-state index contributed by atoms with van der Waals surface area (Å²) in [6.45, 7) is 0. The number of fused-ring (bicyclic) bond motifs is 3. The first-order valence-corrected chi connectivity index (χ1v) is 11.0. The molecule has 4 aromatic rings. The lowest BCUT2D eigenvalue weighted by molar-refractivity contribution is 0.0926. The number of carbonyl (C=O) groups excluding carboxylic acids is 2. The minimum atomic E-state index is -0.328. The van der Waals surface area contributed by atoms with E-state index in [1.165, 1.54) is 4.90 Å². The van der Waals surface area contributed by atoms with E-state index in [1.807, 2.05) is 109 Å². The predicted octanol–water partition coefficient (Wildman–Crippen LogP) is 6.13. The van der Waals surface area contributed by atoms with Gasteiger partial charge >= 0.3 is 0 Å². The molecule has 0 saturated heterocycles. The van der Waals surface area contributed by atoms with E-state index < -0.39 is 0 Å². The summed E-state index contributed by atoms with van der Waals surface area (Å²) in [4.78, 5) is 32.4. The molecule has 6 nitrogen and oxygen atoms in total. The van der Waals surface area contributed by atoms with E-state index >= 15 is 0 Å². The van der Waals surface area contributed by atoms with Crippen LogP contribution in [0.4, 0.5) is 28.4 Å². The lowest BCUT2D eigenvalue weighted by Crippen LogP contribution is -2.31. The maximum absolute atomic E-state index is 13.7. The number of amides is 2. The SMILES string of the molecule is CN(C)c1cccc2c1C(=O)N(c1ccccc1N1c3ccccc3Oc3ccccc31)C2=O. The van der Waals surface area contributed by atoms with Crippen molar-refractivity contribution in [3.05, 3.63) is 102 Å². The van der Waals surface area contributed by atoms with Crippen LogP contribution >= 0.6 is 0 Å². The minimum Gasteiger partial charge on any atom is -0.453 e. The summed E-state index contributed by atoms with van der Waals surface area (Å²) in [5, 5.41) is 0. The lowest BCUT2D eigenvalue weighted by atomic mass is 10.1. The Morgan fingerprint density at radius 1 is 0.588 bits per heavy atom. The maximum Gasteiger partial charge on any atom is 0.268 e. The largest absolute Gasteiger partial charge is 0.453 e. The lowest BCUT2D eigenvalue weighted by Gasteiger charge is -2.34. The standard InChI is InChI=1S/C28H21N3O3/c1-29(2)23-15-9-10-18-26(23)28(33)31(27(18)32)20-12-4-3-11-19(20)30-21-13-5-7-16-24(21)34-25-17-8-6-14-22(25)30/h3-17H,1-2H3. The van der Waals surface area contributed by atoms with E-state index in [0.29, 0.717) is 34.0 Å². The predicted molar refractivity (Wildman–Crippen MR) is 133 cm³/mol. The van der Waals surface area contributed by atoms with Crippen LogP contribution in [0.1, 0.15) is 20.7 Å². The van der Waals surface area contributed by atoms with Crippen LogP contribution in [0, 0.1) is 0 Å². The van der Waals surface area contributed by atoms with Crippen LogP contribution in [0.25, 0.3) is 0 Å². The van der Waals surface area contributed by atoms with Crippen LogP contribution in [0.15, 0.2) is 91.0 Å². The second kappa shape index (κ2) is 7.49. The van der Waals surface area contributed by atoms with E-state index in [4.69, 9.17) is 4.74 Å². The Hall–Kier alpha value is -4.58. The van der Waals surface area contributed by atoms with Crippen molar-refractivity contribution in [2.45, 2.75) is 0 Å². The van der Waals surface area contributed by atoms with Gasteiger partial charge in [0.15, 0.2) is 11.5 Å². The molecule has 2 heterocycles. The topological polar surface area (TPSA) is 53.1 Å². The Kier molecular flexibility index (Phi) is 4.42. The molecule has 166 valence electrons. The van der Waals surface area contributed by atoms with Gasteiger partial charge in [-0.15, -0.1) is 0 Å². The van der Waals surface area contributed by atoms with E-state index in [2.05, 4.69) is 0 Å². The van der Waals surface area contributed by atoms with Crippen LogP contribution in [-0.4, -0.2) is 25.9 Å². The van der Waals surface area contributed by atoms with Gasteiger partial charge in [0.25, 0.3) is 11.8 Å².